The minimum absolute atomic E-state index is 0.0833. The molecule has 2 heterocycles. The Bertz CT molecular complexity index is 1210. The van der Waals surface area contributed by atoms with Gasteiger partial charge in [0.15, 0.2) is 0 Å². The zero-order chi connectivity index (χ0) is 21.2. The number of hydrogen-bond donors (Lipinski definition) is 1. The number of rotatable bonds is 5. The van der Waals surface area contributed by atoms with Gasteiger partial charge in [-0.3, -0.25) is 4.98 Å². The first-order chi connectivity index (χ1) is 15.2. The maximum absolute atomic E-state index is 10.2. The largest absolute Gasteiger partial charge is 0.493 e. The number of nitrogens with zero attached hydrogens (tertiary/aromatic N) is 4. The number of ether oxygens (including phenoxy) is 1. The molecule has 0 saturated heterocycles. The van der Waals surface area contributed by atoms with E-state index in [9.17, 15) is 5.11 Å². The van der Waals surface area contributed by atoms with Crippen LogP contribution in [0.4, 0.5) is 11.4 Å². The van der Waals surface area contributed by atoms with E-state index in [1.807, 2.05) is 6.07 Å². The number of anilines is 2. The number of benzene rings is 2. The predicted molar refractivity (Wildman–Crippen MR) is 121 cm³/mol. The lowest BCUT2D eigenvalue weighted by Crippen LogP contribution is -2.18. The molecule has 6 nitrogen and oxygen atoms in total. The van der Waals surface area contributed by atoms with Crippen molar-refractivity contribution < 1.29 is 9.84 Å². The molecule has 2 aromatic carbocycles. The molecule has 0 saturated carbocycles. The van der Waals surface area contributed by atoms with Gasteiger partial charge in [0.25, 0.3) is 0 Å². The van der Waals surface area contributed by atoms with Gasteiger partial charge in [0, 0.05) is 30.5 Å². The second-order valence-corrected chi connectivity index (χ2v) is 7.90. The molecule has 0 amide bonds. The van der Waals surface area contributed by atoms with Crippen molar-refractivity contribution in [1.82, 2.24) is 15.0 Å². The Balaban J connectivity index is 1.35. The van der Waals surface area contributed by atoms with Gasteiger partial charge in [-0.05, 0) is 60.7 Å². The van der Waals surface area contributed by atoms with Gasteiger partial charge in [0.2, 0.25) is 5.88 Å². The second-order valence-electron chi connectivity index (χ2n) is 7.90. The van der Waals surface area contributed by atoms with Crippen molar-refractivity contribution in [2.75, 3.05) is 18.6 Å². The van der Waals surface area contributed by atoms with E-state index in [0.717, 1.165) is 19.3 Å². The normalized spacial score (nSPS) is 15.5. The number of aromatic nitrogens is 3. The third-order valence-electron chi connectivity index (χ3n) is 5.97. The third-order valence-corrected chi connectivity index (χ3v) is 5.97. The molecule has 31 heavy (non-hydrogen) atoms. The molecule has 4 aromatic rings. The van der Waals surface area contributed by atoms with Crippen LogP contribution in [0.3, 0.4) is 0 Å². The van der Waals surface area contributed by atoms with Crippen molar-refractivity contribution in [2.24, 2.45) is 0 Å². The summed E-state index contributed by atoms with van der Waals surface area (Å²) in [6.07, 6.45) is 6.45. The fourth-order valence-corrected chi connectivity index (χ4v) is 4.27. The molecule has 1 N–H and O–H groups in total. The van der Waals surface area contributed by atoms with Gasteiger partial charge in [-0.15, -0.1) is 0 Å². The Morgan fingerprint density at radius 2 is 1.94 bits per heavy atom. The Hall–Kier alpha value is -3.67. The number of aryl methyl sites for hydroxylation is 1. The maximum Gasteiger partial charge on any atom is 0.320 e. The molecule has 0 bridgehead atoms. The number of aromatic hydroxyl groups is 1. The van der Waals surface area contributed by atoms with Crippen molar-refractivity contribution >= 4 is 22.3 Å². The molecule has 1 unspecified atom stereocenters. The van der Waals surface area contributed by atoms with Crippen LogP contribution in [0.2, 0.25) is 0 Å². The molecular weight excluding hydrogens is 388 g/mol. The highest BCUT2D eigenvalue weighted by atomic mass is 16.5. The van der Waals surface area contributed by atoms with Crippen LogP contribution in [0.1, 0.15) is 29.9 Å². The van der Waals surface area contributed by atoms with E-state index in [0.29, 0.717) is 17.5 Å². The summed E-state index contributed by atoms with van der Waals surface area (Å²) in [5.74, 6) is 0.190. The number of hydrogen-bond acceptors (Lipinski definition) is 6. The van der Waals surface area contributed by atoms with Crippen LogP contribution in [0.25, 0.3) is 10.9 Å². The fourth-order valence-electron chi connectivity index (χ4n) is 4.27. The number of fused-ring (bicyclic) bond motifs is 2. The Morgan fingerprint density at radius 1 is 1.06 bits per heavy atom. The zero-order valence-corrected chi connectivity index (χ0v) is 17.4. The average molecular weight is 412 g/mol. The molecule has 0 aliphatic heterocycles. The monoisotopic (exact) mass is 412 g/mol. The summed E-state index contributed by atoms with van der Waals surface area (Å²) in [5.41, 5.74) is 5.61. The van der Waals surface area contributed by atoms with Gasteiger partial charge in [0.1, 0.15) is 0 Å². The summed E-state index contributed by atoms with van der Waals surface area (Å²) < 4.78 is 5.92. The molecule has 1 atom stereocenters. The quantitative estimate of drug-likeness (QED) is 0.498. The van der Waals surface area contributed by atoms with E-state index in [-0.39, 0.29) is 17.8 Å². The van der Waals surface area contributed by atoms with Crippen LogP contribution in [0.5, 0.6) is 11.9 Å². The first kappa shape index (κ1) is 19.3. The highest BCUT2D eigenvalue weighted by molar-refractivity contribution is 5.82. The molecular formula is C25H24N4O2. The van der Waals surface area contributed by atoms with Crippen molar-refractivity contribution in [3.63, 3.8) is 0 Å². The lowest BCUT2D eigenvalue weighted by molar-refractivity contribution is 0.253. The first-order valence-electron chi connectivity index (χ1n) is 10.5. The highest BCUT2D eigenvalue weighted by Crippen LogP contribution is 2.35. The standard InChI is InChI=1S/C25H24N4O2/c1-29(19-8-3-2-4-9-19)20-10-11-21-17(14-20)6-5-7-18(21)16-31-25-27-23-15-26-13-12-22(23)24(30)28-25/h2-4,8-15,18H,5-7,16H2,1H3,(H,27,28,30). The molecule has 0 radical (unpaired) electrons. The second kappa shape index (κ2) is 8.22. The topological polar surface area (TPSA) is 71.4 Å². The van der Waals surface area contributed by atoms with Crippen LogP contribution in [0, 0.1) is 0 Å². The minimum Gasteiger partial charge on any atom is -0.493 e. The SMILES string of the molecule is CN(c1ccccc1)c1ccc2c(c1)CCCC2COc1nc(O)c2ccncc2n1. The Kier molecular flexibility index (Phi) is 5.12. The van der Waals surface area contributed by atoms with Crippen molar-refractivity contribution in [1.29, 1.82) is 0 Å². The fraction of sp³-hybridized carbons (Fsp3) is 0.240. The number of pyridine rings is 1. The van der Waals surface area contributed by atoms with E-state index in [1.54, 1.807) is 18.5 Å². The van der Waals surface area contributed by atoms with Gasteiger partial charge < -0.3 is 14.7 Å². The molecule has 2 aromatic heterocycles. The van der Waals surface area contributed by atoms with Crippen LogP contribution in [0.15, 0.2) is 67.0 Å². The predicted octanol–water partition coefficient (Wildman–Crippen LogP) is 5.00. The molecule has 0 spiro atoms. The Morgan fingerprint density at radius 3 is 2.81 bits per heavy atom. The van der Waals surface area contributed by atoms with E-state index < -0.39 is 0 Å². The molecule has 6 heteroatoms. The smallest absolute Gasteiger partial charge is 0.320 e. The first-order valence-corrected chi connectivity index (χ1v) is 10.5. The maximum atomic E-state index is 10.2. The van der Waals surface area contributed by atoms with Crippen molar-refractivity contribution in [3.05, 3.63) is 78.1 Å². The van der Waals surface area contributed by atoms with Crippen molar-refractivity contribution in [3.8, 4) is 11.9 Å². The van der Waals surface area contributed by atoms with Crippen LogP contribution < -0.4 is 9.64 Å². The van der Waals surface area contributed by atoms with Crippen LogP contribution in [-0.2, 0) is 6.42 Å². The van der Waals surface area contributed by atoms with Crippen molar-refractivity contribution in [2.45, 2.75) is 25.2 Å². The lowest BCUT2D eigenvalue weighted by atomic mass is 9.83. The van der Waals surface area contributed by atoms with E-state index in [1.165, 1.54) is 22.5 Å². The summed E-state index contributed by atoms with van der Waals surface area (Å²) in [6, 6.07) is 18.9. The van der Waals surface area contributed by atoms with E-state index in [4.69, 9.17) is 4.74 Å². The van der Waals surface area contributed by atoms with Gasteiger partial charge in [0.05, 0.1) is 23.7 Å². The van der Waals surface area contributed by atoms with E-state index >= 15 is 0 Å². The molecule has 1 aliphatic carbocycles. The highest BCUT2D eigenvalue weighted by Gasteiger charge is 2.22. The molecule has 1 aliphatic rings. The van der Waals surface area contributed by atoms with Gasteiger partial charge in [-0.1, -0.05) is 24.3 Å². The van der Waals surface area contributed by atoms with Gasteiger partial charge in [-0.25, -0.2) is 0 Å². The molecule has 156 valence electrons. The summed E-state index contributed by atoms with van der Waals surface area (Å²) in [4.78, 5) is 14.8. The minimum atomic E-state index is -0.0833. The van der Waals surface area contributed by atoms with Crippen LogP contribution >= 0.6 is 0 Å². The summed E-state index contributed by atoms with van der Waals surface area (Å²) >= 11 is 0. The van der Waals surface area contributed by atoms with E-state index in [2.05, 4.69) is 69.4 Å². The van der Waals surface area contributed by atoms with Crippen LogP contribution in [-0.4, -0.2) is 33.7 Å². The summed E-state index contributed by atoms with van der Waals surface area (Å²) in [7, 11) is 2.10. The van der Waals surface area contributed by atoms with Gasteiger partial charge >= 0.3 is 6.01 Å². The lowest BCUT2D eigenvalue weighted by Gasteiger charge is -2.28. The summed E-state index contributed by atoms with van der Waals surface area (Å²) in [5, 5.41) is 10.7. The zero-order valence-electron chi connectivity index (χ0n) is 17.4. The summed E-state index contributed by atoms with van der Waals surface area (Å²) in [6.45, 7) is 0.478. The average Bonchev–Trinajstić information content (AvgIpc) is 2.82. The van der Waals surface area contributed by atoms with Gasteiger partial charge in [-0.2, -0.15) is 9.97 Å². The third kappa shape index (κ3) is 3.89. The molecule has 5 rings (SSSR count). The Labute approximate surface area is 181 Å². The number of para-hydroxylation sites is 1. The molecule has 0 fully saturated rings.